The van der Waals surface area contributed by atoms with Crippen molar-refractivity contribution in [1.29, 1.82) is 0 Å². The molecule has 0 bridgehead atoms. The third-order valence-electron chi connectivity index (χ3n) is 3.68. The van der Waals surface area contributed by atoms with E-state index in [9.17, 15) is 9.59 Å². The van der Waals surface area contributed by atoms with E-state index < -0.39 is 0 Å². The second-order valence-corrected chi connectivity index (χ2v) is 5.11. The summed E-state index contributed by atoms with van der Waals surface area (Å²) in [6.45, 7) is 0.166. The minimum absolute atomic E-state index is 0.105. The van der Waals surface area contributed by atoms with Gasteiger partial charge >= 0.3 is 0 Å². The number of carbonyl (C=O) groups excluding carboxylic acids is 2. The first-order valence-corrected chi connectivity index (χ1v) is 7.28. The van der Waals surface area contributed by atoms with Crippen molar-refractivity contribution in [3.8, 4) is 17.2 Å². The molecule has 118 valence electrons. The lowest BCUT2D eigenvalue weighted by Gasteiger charge is -2.07. The Morgan fingerprint density at radius 3 is 2.57 bits per heavy atom. The van der Waals surface area contributed by atoms with Gasteiger partial charge in [0.25, 0.3) is 0 Å². The SMILES string of the molecule is COc1ccccc1C(=O)CCC(=O)c1ccc2c(c1)OCO2. The number of para-hydroxylation sites is 1. The normalized spacial score (nSPS) is 12.0. The predicted molar refractivity (Wildman–Crippen MR) is 83.5 cm³/mol. The zero-order valence-corrected chi connectivity index (χ0v) is 12.7. The molecule has 0 saturated carbocycles. The van der Waals surface area contributed by atoms with Gasteiger partial charge in [0.15, 0.2) is 23.1 Å². The molecule has 0 N–H and O–H groups in total. The molecule has 2 aromatic carbocycles. The fraction of sp³-hybridized carbons (Fsp3) is 0.222. The van der Waals surface area contributed by atoms with Crippen molar-refractivity contribution in [1.82, 2.24) is 0 Å². The Hall–Kier alpha value is -2.82. The second-order valence-electron chi connectivity index (χ2n) is 5.11. The highest BCUT2D eigenvalue weighted by molar-refractivity contribution is 6.03. The van der Waals surface area contributed by atoms with Gasteiger partial charge in [-0.3, -0.25) is 9.59 Å². The third-order valence-corrected chi connectivity index (χ3v) is 3.68. The van der Waals surface area contributed by atoms with Crippen LogP contribution in [0, 0.1) is 0 Å². The fourth-order valence-electron chi connectivity index (χ4n) is 2.45. The van der Waals surface area contributed by atoms with Crippen molar-refractivity contribution in [2.45, 2.75) is 12.8 Å². The number of rotatable bonds is 6. The summed E-state index contributed by atoms with van der Waals surface area (Å²) >= 11 is 0. The molecule has 23 heavy (non-hydrogen) atoms. The Labute approximate surface area is 133 Å². The standard InChI is InChI=1S/C18H16O5/c1-21-16-5-3-2-4-13(16)15(20)8-7-14(19)12-6-9-17-18(10-12)23-11-22-17/h2-6,9-10H,7-8,11H2,1H3. The van der Waals surface area contributed by atoms with Crippen molar-refractivity contribution in [2.75, 3.05) is 13.9 Å². The smallest absolute Gasteiger partial charge is 0.231 e. The first-order valence-electron chi connectivity index (χ1n) is 7.28. The average Bonchev–Trinajstić information content (AvgIpc) is 3.06. The highest BCUT2D eigenvalue weighted by Gasteiger charge is 2.18. The van der Waals surface area contributed by atoms with Gasteiger partial charge in [-0.05, 0) is 30.3 Å². The quantitative estimate of drug-likeness (QED) is 0.766. The van der Waals surface area contributed by atoms with Crippen LogP contribution >= 0.6 is 0 Å². The van der Waals surface area contributed by atoms with Crippen molar-refractivity contribution >= 4 is 11.6 Å². The molecule has 0 saturated heterocycles. The first-order chi connectivity index (χ1) is 11.2. The van der Waals surface area contributed by atoms with E-state index in [4.69, 9.17) is 14.2 Å². The molecule has 0 aromatic heterocycles. The number of benzene rings is 2. The number of fused-ring (bicyclic) bond motifs is 1. The van der Waals surface area contributed by atoms with Gasteiger partial charge < -0.3 is 14.2 Å². The summed E-state index contributed by atoms with van der Waals surface area (Å²) in [6, 6.07) is 12.0. The number of ether oxygens (including phenoxy) is 3. The van der Waals surface area contributed by atoms with E-state index in [1.54, 1.807) is 42.5 Å². The van der Waals surface area contributed by atoms with E-state index in [1.807, 2.05) is 0 Å². The summed E-state index contributed by atoms with van der Waals surface area (Å²) < 4.78 is 15.6. The van der Waals surface area contributed by atoms with Crippen LogP contribution in [-0.4, -0.2) is 25.5 Å². The van der Waals surface area contributed by atoms with Crippen molar-refractivity contribution in [3.05, 3.63) is 53.6 Å². The molecule has 0 unspecified atom stereocenters. The van der Waals surface area contributed by atoms with Gasteiger partial charge in [-0.1, -0.05) is 12.1 Å². The molecule has 1 heterocycles. The highest BCUT2D eigenvalue weighted by Crippen LogP contribution is 2.33. The largest absolute Gasteiger partial charge is 0.496 e. The van der Waals surface area contributed by atoms with Crippen LogP contribution in [-0.2, 0) is 0 Å². The van der Waals surface area contributed by atoms with E-state index in [0.29, 0.717) is 28.4 Å². The summed E-state index contributed by atoms with van der Waals surface area (Å²) in [5.41, 5.74) is 1.01. The highest BCUT2D eigenvalue weighted by atomic mass is 16.7. The van der Waals surface area contributed by atoms with E-state index in [2.05, 4.69) is 0 Å². The average molecular weight is 312 g/mol. The Balaban J connectivity index is 1.66. The van der Waals surface area contributed by atoms with Crippen molar-refractivity contribution in [3.63, 3.8) is 0 Å². The topological polar surface area (TPSA) is 61.8 Å². The van der Waals surface area contributed by atoms with Crippen LogP contribution in [0.4, 0.5) is 0 Å². The van der Waals surface area contributed by atoms with Crippen LogP contribution in [0.1, 0.15) is 33.6 Å². The molecule has 0 aliphatic carbocycles. The Kier molecular flexibility index (Phi) is 4.28. The minimum atomic E-state index is -0.114. The molecular weight excluding hydrogens is 296 g/mol. The Morgan fingerprint density at radius 1 is 1.00 bits per heavy atom. The number of ketones is 2. The van der Waals surface area contributed by atoms with Gasteiger partial charge in [0, 0.05) is 18.4 Å². The van der Waals surface area contributed by atoms with Crippen LogP contribution < -0.4 is 14.2 Å². The molecule has 0 spiro atoms. The second kappa shape index (κ2) is 6.52. The van der Waals surface area contributed by atoms with Gasteiger partial charge in [0.2, 0.25) is 6.79 Å². The number of hydrogen-bond acceptors (Lipinski definition) is 5. The maximum absolute atomic E-state index is 12.3. The molecule has 1 aliphatic rings. The number of Topliss-reactive ketones (excluding diaryl/α,β-unsaturated/α-hetero) is 2. The van der Waals surface area contributed by atoms with Gasteiger partial charge in [-0.2, -0.15) is 0 Å². The minimum Gasteiger partial charge on any atom is -0.496 e. The monoisotopic (exact) mass is 312 g/mol. The summed E-state index contributed by atoms with van der Waals surface area (Å²) in [7, 11) is 1.52. The number of hydrogen-bond donors (Lipinski definition) is 0. The predicted octanol–water partition coefficient (Wildman–Crippen LogP) is 3.27. The van der Waals surface area contributed by atoms with E-state index in [-0.39, 0.29) is 31.2 Å². The lowest BCUT2D eigenvalue weighted by Crippen LogP contribution is -2.06. The lowest BCUT2D eigenvalue weighted by molar-refractivity contribution is 0.0915. The lowest BCUT2D eigenvalue weighted by atomic mass is 10.0. The van der Waals surface area contributed by atoms with Gasteiger partial charge in [-0.25, -0.2) is 0 Å². The van der Waals surface area contributed by atoms with E-state index in [0.717, 1.165) is 0 Å². The molecule has 0 fully saturated rings. The maximum atomic E-state index is 12.3. The van der Waals surface area contributed by atoms with Gasteiger partial charge in [0.05, 0.1) is 12.7 Å². The maximum Gasteiger partial charge on any atom is 0.231 e. The zero-order chi connectivity index (χ0) is 16.2. The Morgan fingerprint density at radius 2 is 1.74 bits per heavy atom. The third kappa shape index (κ3) is 3.18. The van der Waals surface area contributed by atoms with Crippen molar-refractivity contribution < 1.29 is 23.8 Å². The molecule has 5 nitrogen and oxygen atoms in total. The molecule has 5 heteroatoms. The number of carbonyl (C=O) groups is 2. The molecule has 3 rings (SSSR count). The van der Waals surface area contributed by atoms with Crippen LogP contribution in [0.15, 0.2) is 42.5 Å². The molecular formula is C18H16O5. The summed E-state index contributed by atoms with van der Waals surface area (Å²) in [5.74, 6) is 1.50. The van der Waals surface area contributed by atoms with Crippen molar-refractivity contribution in [2.24, 2.45) is 0 Å². The van der Waals surface area contributed by atoms with Crippen LogP contribution in [0.3, 0.4) is 0 Å². The summed E-state index contributed by atoms with van der Waals surface area (Å²) in [4.78, 5) is 24.5. The number of methoxy groups -OCH3 is 1. The molecule has 2 aromatic rings. The van der Waals surface area contributed by atoms with Crippen LogP contribution in [0.2, 0.25) is 0 Å². The van der Waals surface area contributed by atoms with E-state index >= 15 is 0 Å². The molecule has 0 atom stereocenters. The molecule has 1 aliphatic heterocycles. The Bertz CT molecular complexity index is 751. The zero-order valence-electron chi connectivity index (χ0n) is 12.7. The molecule has 0 amide bonds. The van der Waals surface area contributed by atoms with Gasteiger partial charge in [-0.15, -0.1) is 0 Å². The molecule has 0 radical (unpaired) electrons. The van der Waals surface area contributed by atoms with Crippen LogP contribution in [0.5, 0.6) is 17.2 Å². The fourth-order valence-corrected chi connectivity index (χ4v) is 2.45. The van der Waals surface area contributed by atoms with E-state index in [1.165, 1.54) is 7.11 Å². The summed E-state index contributed by atoms with van der Waals surface area (Å²) in [5, 5.41) is 0. The summed E-state index contributed by atoms with van der Waals surface area (Å²) in [6.07, 6.45) is 0.268. The van der Waals surface area contributed by atoms with Gasteiger partial charge in [0.1, 0.15) is 5.75 Å². The first kappa shape index (κ1) is 15.1. The van der Waals surface area contributed by atoms with Crippen LogP contribution in [0.25, 0.3) is 0 Å².